The van der Waals surface area contributed by atoms with Gasteiger partial charge in [0.15, 0.2) is 0 Å². The highest BCUT2D eigenvalue weighted by Crippen LogP contribution is 2.37. The molecule has 58 valence electrons. The van der Waals surface area contributed by atoms with E-state index in [0.717, 1.165) is 3.92 Å². The van der Waals surface area contributed by atoms with Gasteiger partial charge in [0, 0.05) is 3.92 Å². The minimum Gasteiger partial charge on any atom is -0.0774 e. The Balaban J connectivity index is 2.50. The van der Waals surface area contributed by atoms with Crippen LogP contribution in [0.1, 0.15) is 27.0 Å². The third-order valence-electron chi connectivity index (χ3n) is 2.30. The second-order valence-electron chi connectivity index (χ2n) is 3.21. The van der Waals surface area contributed by atoms with E-state index in [1.807, 2.05) is 0 Å². The van der Waals surface area contributed by atoms with Crippen molar-refractivity contribution in [1.29, 1.82) is 0 Å². The van der Waals surface area contributed by atoms with Crippen molar-refractivity contribution >= 4 is 22.6 Å². The Bertz CT molecular complexity index is 278. The van der Waals surface area contributed by atoms with Gasteiger partial charge in [0.1, 0.15) is 0 Å². The van der Waals surface area contributed by atoms with Gasteiger partial charge >= 0.3 is 0 Å². The monoisotopic (exact) mass is 258 g/mol. The summed E-state index contributed by atoms with van der Waals surface area (Å²) in [6.45, 7) is 2.17. The third-order valence-corrected chi connectivity index (χ3v) is 3.60. The molecule has 0 heterocycles. The first-order chi connectivity index (χ1) is 5.27. The first-order valence-electron chi connectivity index (χ1n) is 4.01. The Labute approximate surface area is 81.1 Å². The van der Waals surface area contributed by atoms with Crippen molar-refractivity contribution in [3.05, 3.63) is 34.9 Å². The van der Waals surface area contributed by atoms with Crippen LogP contribution >= 0.6 is 22.6 Å². The lowest BCUT2D eigenvalue weighted by Gasteiger charge is -2.02. The van der Waals surface area contributed by atoms with Crippen LogP contribution in [0.2, 0.25) is 0 Å². The van der Waals surface area contributed by atoms with Gasteiger partial charge in [-0.3, -0.25) is 0 Å². The molecule has 2 rings (SSSR count). The molecule has 0 nitrogen and oxygen atoms in total. The SMILES string of the molecule is Cc1ccc2c(c1)CCC2I. The Morgan fingerprint density at radius 1 is 1.45 bits per heavy atom. The molecule has 0 spiro atoms. The van der Waals surface area contributed by atoms with Gasteiger partial charge in [-0.1, -0.05) is 46.4 Å². The van der Waals surface area contributed by atoms with Crippen molar-refractivity contribution in [2.75, 3.05) is 0 Å². The molecule has 0 fully saturated rings. The van der Waals surface area contributed by atoms with Crippen LogP contribution in [0.3, 0.4) is 0 Å². The number of alkyl halides is 1. The van der Waals surface area contributed by atoms with E-state index in [0.29, 0.717) is 0 Å². The number of hydrogen-bond donors (Lipinski definition) is 0. The normalized spacial score (nSPS) is 21.8. The fraction of sp³-hybridized carbons (Fsp3) is 0.400. The first kappa shape index (κ1) is 7.59. The standard InChI is InChI=1S/C10H11I/c1-7-2-4-9-8(6-7)3-5-10(9)11/h2,4,6,10H,3,5H2,1H3. The predicted molar refractivity (Wildman–Crippen MR) is 56.3 cm³/mol. The quantitative estimate of drug-likeness (QED) is 0.494. The molecule has 1 atom stereocenters. The molecule has 1 aromatic rings. The Morgan fingerprint density at radius 3 is 3.09 bits per heavy atom. The van der Waals surface area contributed by atoms with Crippen LogP contribution in [-0.4, -0.2) is 0 Å². The fourth-order valence-corrected chi connectivity index (χ4v) is 2.61. The molecule has 0 amide bonds. The van der Waals surface area contributed by atoms with Crippen molar-refractivity contribution in [3.8, 4) is 0 Å². The summed E-state index contributed by atoms with van der Waals surface area (Å²) >= 11 is 2.54. The van der Waals surface area contributed by atoms with Crippen molar-refractivity contribution in [2.45, 2.75) is 23.7 Å². The molecular weight excluding hydrogens is 247 g/mol. The first-order valence-corrected chi connectivity index (χ1v) is 5.25. The molecule has 0 aromatic heterocycles. The van der Waals surface area contributed by atoms with Gasteiger partial charge in [0.25, 0.3) is 0 Å². The summed E-state index contributed by atoms with van der Waals surface area (Å²) in [5.41, 5.74) is 4.54. The summed E-state index contributed by atoms with van der Waals surface area (Å²) in [4.78, 5) is 0. The Kier molecular flexibility index (Phi) is 1.91. The van der Waals surface area contributed by atoms with E-state index in [1.54, 1.807) is 11.1 Å². The average Bonchev–Trinajstić information content (AvgIpc) is 2.32. The molecule has 1 unspecified atom stereocenters. The van der Waals surface area contributed by atoms with E-state index in [4.69, 9.17) is 0 Å². The fourth-order valence-electron chi connectivity index (χ4n) is 1.69. The molecule has 1 aromatic carbocycles. The van der Waals surface area contributed by atoms with E-state index >= 15 is 0 Å². The molecule has 0 N–H and O–H groups in total. The minimum atomic E-state index is 0.767. The van der Waals surface area contributed by atoms with Crippen molar-refractivity contribution in [3.63, 3.8) is 0 Å². The molecule has 1 aliphatic carbocycles. The molecule has 1 aliphatic rings. The summed E-state index contributed by atoms with van der Waals surface area (Å²) in [5, 5.41) is 0. The highest BCUT2D eigenvalue weighted by atomic mass is 127. The molecule has 0 radical (unpaired) electrons. The zero-order valence-electron chi connectivity index (χ0n) is 6.60. The van der Waals surface area contributed by atoms with Crippen molar-refractivity contribution in [2.24, 2.45) is 0 Å². The molecular formula is C10H11I. The van der Waals surface area contributed by atoms with Crippen LogP contribution in [0.4, 0.5) is 0 Å². The number of halogens is 1. The molecule has 0 saturated heterocycles. The van der Waals surface area contributed by atoms with E-state index < -0.39 is 0 Å². The molecule has 11 heavy (non-hydrogen) atoms. The van der Waals surface area contributed by atoms with E-state index in [-0.39, 0.29) is 0 Å². The largest absolute Gasteiger partial charge is 0.0774 e. The van der Waals surface area contributed by atoms with E-state index in [1.165, 1.54) is 18.4 Å². The van der Waals surface area contributed by atoms with Gasteiger partial charge in [-0.05, 0) is 30.9 Å². The van der Waals surface area contributed by atoms with Gasteiger partial charge < -0.3 is 0 Å². The average molecular weight is 258 g/mol. The maximum Gasteiger partial charge on any atom is 0.0365 e. The predicted octanol–water partition coefficient (Wildman–Crippen LogP) is 3.42. The van der Waals surface area contributed by atoms with Crippen LogP contribution in [0, 0.1) is 6.92 Å². The van der Waals surface area contributed by atoms with Crippen molar-refractivity contribution in [1.82, 2.24) is 0 Å². The number of rotatable bonds is 0. The third kappa shape index (κ3) is 1.31. The lowest BCUT2D eigenvalue weighted by Crippen LogP contribution is -1.83. The Morgan fingerprint density at radius 2 is 2.27 bits per heavy atom. The summed E-state index contributed by atoms with van der Waals surface area (Å²) < 4.78 is 0.767. The van der Waals surface area contributed by atoms with Crippen molar-refractivity contribution < 1.29 is 0 Å². The topological polar surface area (TPSA) is 0 Å². The van der Waals surface area contributed by atoms with Crippen LogP contribution in [0.25, 0.3) is 0 Å². The molecule has 0 aliphatic heterocycles. The molecule has 0 bridgehead atoms. The highest BCUT2D eigenvalue weighted by molar-refractivity contribution is 14.1. The second-order valence-corrected chi connectivity index (χ2v) is 4.71. The summed E-state index contributed by atoms with van der Waals surface area (Å²) in [5.74, 6) is 0. The van der Waals surface area contributed by atoms with Gasteiger partial charge in [-0.25, -0.2) is 0 Å². The summed E-state index contributed by atoms with van der Waals surface area (Å²) in [6.07, 6.45) is 2.62. The maximum atomic E-state index is 2.54. The Hall–Kier alpha value is -0.0500. The number of benzene rings is 1. The van der Waals surface area contributed by atoms with Gasteiger partial charge in [-0.2, -0.15) is 0 Å². The zero-order valence-corrected chi connectivity index (χ0v) is 8.76. The summed E-state index contributed by atoms with van der Waals surface area (Å²) in [7, 11) is 0. The number of aryl methyl sites for hydroxylation is 2. The van der Waals surface area contributed by atoms with Gasteiger partial charge in [0.2, 0.25) is 0 Å². The smallest absolute Gasteiger partial charge is 0.0365 e. The number of hydrogen-bond acceptors (Lipinski definition) is 0. The van der Waals surface area contributed by atoms with Crippen LogP contribution in [0.5, 0.6) is 0 Å². The highest BCUT2D eigenvalue weighted by Gasteiger charge is 2.18. The number of fused-ring (bicyclic) bond motifs is 1. The van der Waals surface area contributed by atoms with Gasteiger partial charge in [0.05, 0.1) is 0 Å². The van der Waals surface area contributed by atoms with Crippen LogP contribution < -0.4 is 0 Å². The second kappa shape index (κ2) is 2.77. The lowest BCUT2D eigenvalue weighted by atomic mass is 10.1. The molecule has 1 heteroatoms. The van der Waals surface area contributed by atoms with E-state index in [9.17, 15) is 0 Å². The summed E-state index contributed by atoms with van der Waals surface area (Å²) in [6, 6.07) is 6.83. The van der Waals surface area contributed by atoms with Crippen LogP contribution in [0.15, 0.2) is 18.2 Å². The van der Waals surface area contributed by atoms with E-state index in [2.05, 4.69) is 47.7 Å². The van der Waals surface area contributed by atoms with Crippen LogP contribution in [-0.2, 0) is 6.42 Å². The lowest BCUT2D eigenvalue weighted by molar-refractivity contribution is 0.916. The maximum absolute atomic E-state index is 2.54. The minimum absolute atomic E-state index is 0.767. The van der Waals surface area contributed by atoms with Gasteiger partial charge in [-0.15, -0.1) is 0 Å². The molecule has 0 saturated carbocycles. The zero-order chi connectivity index (χ0) is 7.84.